The second-order valence-corrected chi connectivity index (χ2v) is 5.04. The van der Waals surface area contributed by atoms with Crippen molar-refractivity contribution in [3.8, 4) is 0 Å². The Kier molecular flexibility index (Phi) is 2.78. The highest BCUT2D eigenvalue weighted by Crippen LogP contribution is 2.29. The van der Waals surface area contributed by atoms with E-state index < -0.39 is 0 Å². The monoisotopic (exact) mass is 268 g/mol. The van der Waals surface area contributed by atoms with E-state index in [1.165, 1.54) is 0 Å². The van der Waals surface area contributed by atoms with Gasteiger partial charge in [0.1, 0.15) is 0 Å². The number of fused-ring (bicyclic) bond motifs is 1. The first-order valence-electron chi connectivity index (χ1n) is 6.01. The van der Waals surface area contributed by atoms with E-state index in [1.54, 1.807) is 17.0 Å². The maximum Gasteiger partial charge on any atom is 0.289 e. The van der Waals surface area contributed by atoms with E-state index in [0.29, 0.717) is 13.1 Å². The minimum absolute atomic E-state index is 0.0509. The molecular formula is C12H13ClN2O3. The van der Waals surface area contributed by atoms with Crippen LogP contribution in [-0.4, -0.2) is 35.8 Å². The van der Waals surface area contributed by atoms with Crippen molar-refractivity contribution in [2.24, 2.45) is 5.92 Å². The van der Waals surface area contributed by atoms with Crippen molar-refractivity contribution < 1.29 is 14.0 Å². The van der Waals surface area contributed by atoms with Gasteiger partial charge in [-0.1, -0.05) is 0 Å². The maximum atomic E-state index is 12.3. The molecule has 0 aliphatic carbocycles. The number of hydrogen-bond acceptors (Lipinski definition) is 3. The predicted molar refractivity (Wildman–Crippen MR) is 64.3 cm³/mol. The number of carbonyl (C=O) groups excluding carboxylic acids is 2. The highest BCUT2D eigenvalue weighted by atomic mass is 35.5. The van der Waals surface area contributed by atoms with Crippen molar-refractivity contribution in [3.05, 3.63) is 23.1 Å². The van der Waals surface area contributed by atoms with Crippen molar-refractivity contribution >= 4 is 23.4 Å². The standard InChI is InChI=1S/C12H13ClN2O3/c13-10-4-3-9(18-10)12(17)15-5-1-2-7-8(15)6-14-11(7)16/h3-4,7-8H,1-2,5-6H2,(H,14,16). The minimum Gasteiger partial charge on any atom is -0.440 e. The van der Waals surface area contributed by atoms with Gasteiger partial charge in [-0.25, -0.2) is 0 Å². The molecule has 3 heterocycles. The Morgan fingerprint density at radius 1 is 1.50 bits per heavy atom. The van der Waals surface area contributed by atoms with Crippen LogP contribution in [0.5, 0.6) is 0 Å². The van der Waals surface area contributed by atoms with Gasteiger partial charge in [0.25, 0.3) is 5.91 Å². The summed E-state index contributed by atoms with van der Waals surface area (Å²) in [7, 11) is 0. The molecule has 2 saturated heterocycles. The van der Waals surface area contributed by atoms with E-state index in [4.69, 9.17) is 16.0 Å². The van der Waals surface area contributed by atoms with Gasteiger partial charge in [-0.15, -0.1) is 0 Å². The number of piperidine rings is 1. The normalized spacial score (nSPS) is 26.9. The second-order valence-electron chi connectivity index (χ2n) is 4.66. The third-order valence-electron chi connectivity index (χ3n) is 3.65. The number of furan rings is 1. The number of halogens is 1. The fourth-order valence-electron chi connectivity index (χ4n) is 2.77. The average molecular weight is 269 g/mol. The van der Waals surface area contributed by atoms with Crippen LogP contribution in [0.4, 0.5) is 0 Å². The molecule has 3 rings (SSSR count). The summed E-state index contributed by atoms with van der Waals surface area (Å²) in [6.45, 7) is 1.19. The molecule has 1 aromatic rings. The van der Waals surface area contributed by atoms with Gasteiger partial charge in [0.15, 0.2) is 11.0 Å². The van der Waals surface area contributed by atoms with Gasteiger partial charge in [-0.2, -0.15) is 0 Å². The van der Waals surface area contributed by atoms with Crippen molar-refractivity contribution in [3.63, 3.8) is 0 Å². The molecule has 0 spiro atoms. The molecule has 0 aromatic carbocycles. The van der Waals surface area contributed by atoms with Crippen molar-refractivity contribution in [1.82, 2.24) is 10.2 Å². The summed E-state index contributed by atoms with van der Waals surface area (Å²) in [5.74, 6) is 0.0243. The van der Waals surface area contributed by atoms with E-state index in [0.717, 1.165) is 12.8 Å². The highest BCUT2D eigenvalue weighted by molar-refractivity contribution is 6.29. The van der Waals surface area contributed by atoms with Crippen molar-refractivity contribution in [2.45, 2.75) is 18.9 Å². The smallest absolute Gasteiger partial charge is 0.289 e. The van der Waals surface area contributed by atoms with Gasteiger partial charge in [0, 0.05) is 13.1 Å². The molecular weight excluding hydrogens is 256 g/mol. The van der Waals surface area contributed by atoms with Crippen LogP contribution in [-0.2, 0) is 4.79 Å². The quantitative estimate of drug-likeness (QED) is 0.835. The van der Waals surface area contributed by atoms with E-state index in [1.807, 2.05) is 0 Å². The lowest BCUT2D eigenvalue weighted by atomic mass is 9.91. The van der Waals surface area contributed by atoms with E-state index in [2.05, 4.69) is 5.32 Å². The molecule has 2 atom stereocenters. The zero-order chi connectivity index (χ0) is 12.7. The summed E-state index contributed by atoms with van der Waals surface area (Å²) in [4.78, 5) is 25.6. The lowest BCUT2D eigenvalue weighted by molar-refractivity contribution is -0.123. The van der Waals surface area contributed by atoms with Crippen LogP contribution in [0.1, 0.15) is 23.4 Å². The molecule has 1 N–H and O–H groups in total. The second kappa shape index (κ2) is 4.31. The molecule has 18 heavy (non-hydrogen) atoms. The van der Waals surface area contributed by atoms with Crippen LogP contribution in [0.15, 0.2) is 16.5 Å². The Bertz CT molecular complexity index is 499. The van der Waals surface area contributed by atoms with Gasteiger partial charge < -0.3 is 14.6 Å². The Balaban J connectivity index is 1.83. The third kappa shape index (κ3) is 1.79. The highest BCUT2D eigenvalue weighted by Gasteiger charge is 2.43. The third-order valence-corrected chi connectivity index (χ3v) is 3.85. The number of nitrogens with one attached hydrogen (secondary N) is 1. The zero-order valence-corrected chi connectivity index (χ0v) is 10.4. The molecule has 6 heteroatoms. The van der Waals surface area contributed by atoms with Crippen LogP contribution < -0.4 is 5.32 Å². The first kappa shape index (κ1) is 11.6. The summed E-state index contributed by atoms with van der Waals surface area (Å²) in [5.41, 5.74) is 0. The van der Waals surface area contributed by atoms with E-state index >= 15 is 0 Å². The van der Waals surface area contributed by atoms with Gasteiger partial charge in [-0.05, 0) is 36.6 Å². The van der Waals surface area contributed by atoms with Gasteiger partial charge in [-0.3, -0.25) is 9.59 Å². The average Bonchev–Trinajstić information content (AvgIpc) is 2.96. The number of hydrogen-bond donors (Lipinski definition) is 1. The number of rotatable bonds is 1. The molecule has 2 unspecified atom stereocenters. The van der Waals surface area contributed by atoms with Crippen LogP contribution >= 0.6 is 11.6 Å². The number of nitrogens with zero attached hydrogens (tertiary/aromatic N) is 1. The first-order chi connectivity index (χ1) is 8.66. The maximum absolute atomic E-state index is 12.3. The summed E-state index contributed by atoms with van der Waals surface area (Å²) in [5, 5.41) is 3.01. The summed E-state index contributed by atoms with van der Waals surface area (Å²) in [6, 6.07) is 3.06. The van der Waals surface area contributed by atoms with Gasteiger partial charge in [0.2, 0.25) is 5.91 Å². The fraction of sp³-hybridized carbons (Fsp3) is 0.500. The van der Waals surface area contributed by atoms with Crippen molar-refractivity contribution in [2.75, 3.05) is 13.1 Å². The zero-order valence-electron chi connectivity index (χ0n) is 9.69. The molecule has 5 nitrogen and oxygen atoms in total. The summed E-state index contributed by atoms with van der Waals surface area (Å²) < 4.78 is 5.14. The number of likely N-dealkylation sites (tertiary alicyclic amines) is 1. The Morgan fingerprint density at radius 3 is 3.06 bits per heavy atom. The first-order valence-corrected chi connectivity index (χ1v) is 6.38. The Hall–Kier alpha value is -1.49. The molecule has 2 aliphatic rings. The van der Waals surface area contributed by atoms with Gasteiger partial charge >= 0.3 is 0 Å². The molecule has 1 aromatic heterocycles. The summed E-state index contributed by atoms with van der Waals surface area (Å²) >= 11 is 5.67. The van der Waals surface area contributed by atoms with Crippen molar-refractivity contribution in [1.29, 1.82) is 0 Å². The molecule has 2 aliphatic heterocycles. The van der Waals surface area contributed by atoms with Crippen LogP contribution in [0.25, 0.3) is 0 Å². The lowest BCUT2D eigenvalue weighted by Crippen LogP contribution is -2.48. The largest absolute Gasteiger partial charge is 0.440 e. The lowest BCUT2D eigenvalue weighted by Gasteiger charge is -2.35. The number of amides is 2. The molecule has 0 saturated carbocycles. The Morgan fingerprint density at radius 2 is 2.33 bits per heavy atom. The van der Waals surface area contributed by atoms with Crippen LogP contribution in [0.2, 0.25) is 5.22 Å². The molecule has 2 amide bonds. The predicted octanol–water partition coefficient (Wildman–Crippen LogP) is 1.28. The molecule has 0 radical (unpaired) electrons. The van der Waals surface area contributed by atoms with Crippen LogP contribution in [0, 0.1) is 5.92 Å². The number of carbonyl (C=O) groups is 2. The fourth-order valence-corrected chi connectivity index (χ4v) is 2.92. The van der Waals surface area contributed by atoms with Crippen LogP contribution in [0.3, 0.4) is 0 Å². The van der Waals surface area contributed by atoms with E-state index in [9.17, 15) is 9.59 Å². The molecule has 96 valence electrons. The minimum atomic E-state index is -0.187. The summed E-state index contributed by atoms with van der Waals surface area (Å²) in [6.07, 6.45) is 1.69. The molecule has 2 fully saturated rings. The topological polar surface area (TPSA) is 62.6 Å². The van der Waals surface area contributed by atoms with E-state index in [-0.39, 0.29) is 34.8 Å². The SMILES string of the molecule is O=C1NCC2C1CCCN2C(=O)c1ccc(Cl)o1. The molecule has 0 bridgehead atoms. The van der Waals surface area contributed by atoms with Gasteiger partial charge in [0.05, 0.1) is 12.0 Å². The Labute approximate surface area is 109 Å².